The van der Waals surface area contributed by atoms with Crippen molar-refractivity contribution in [1.29, 1.82) is 0 Å². The van der Waals surface area contributed by atoms with Gasteiger partial charge in [-0.1, -0.05) is 91.4 Å². The Balaban J connectivity index is 1.86. The highest BCUT2D eigenvalue weighted by Crippen LogP contribution is 2.60. The van der Waals surface area contributed by atoms with Gasteiger partial charge in [-0.25, -0.2) is 0 Å². The molecule has 4 aromatic carbocycles. The zero-order valence-electron chi connectivity index (χ0n) is 17.2. The zero-order valence-corrected chi connectivity index (χ0v) is 17.2. The van der Waals surface area contributed by atoms with Gasteiger partial charge in [-0.15, -0.1) is 0 Å². The molecule has 29 heavy (non-hydrogen) atoms. The topological polar surface area (TPSA) is 0 Å². The summed E-state index contributed by atoms with van der Waals surface area (Å²) >= 11 is 0. The fourth-order valence-corrected chi connectivity index (χ4v) is 5.90. The quantitative estimate of drug-likeness (QED) is 0.324. The average Bonchev–Trinajstić information content (AvgIpc) is 2.99. The number of allylic oxidation sites excluding steroid dienone is 2. The van der Waals surface area contributed by atoms with Crippen molar-refractivity contribution in [2.75, 3.05) is 0 Å². The fourth-order valence-electron chi connectivity index (χ4n) is 5.90. The van der Waals surface area contributed by atoms with Crippen molar-refractivity contribution in [3.63, 3.8) is 0 Å². The fraction of sp³-hybridized carbons (Fsp3) is 0.172. The van der Waals surface area contributed by atoms with Crippen LogP contribution in [0.3, 0.4) is 0 Å². The predicted octanol–water partition coefficient (Wildman–Crippen LogP) is 7.52. The van der Waals surface area contributed by atoms with Crippen LogP contribution >= 0.6 is 0 Å². The van der Waals surface area contributed by atoms with Gasteiger partial charge in [0, 0.05) is 0 Å². The second kappa shape index (κ2) is 5.70. The molecule has 0 radical (unpaired) electrons. The summed E-state index contributed by atoms with van der Waals surface area (Å²) in [6, 6.07) is 29.8. The second-order valence-electron chi connectivity index (χ2n) is 8.49. The van der Waals surface area contributed by atoms with E-state index in [1.54, 1.807) is 0 Å². The third-order valence-electron chi connectivity index (χ3n) is 7.36. The van der Waals surface area contributed by atoms with Gasteiger partial charge in [0.2, 0.25) is 0 Å². The first kappa shape index (κ1) is 16.8. The van der Waals surface area contributed by atoms with Crippen LogP contribution in [0.25, 0.3) is 27.5 Å². The Morgan fingerprint density at radius 2 is 1.34 bits per heavy atom. The van der Waals surface area contributed by atoms with Crippen LogP contribution in [0, 0.1) is 0 Å². The summed E-state index contributed by atoms with van der Waals surface area (Å²) in [5.74, 6) is 0. The van der Waals surface area contributed by atoms with Gasteiger partial charge >= 0.3 is 0 Å². The molecule has 0 aromatic heterocycles. The molecule has 0 bridgehead atoms. The minimum Gasteiger partial charge on any atom is -0.0619 e. The Bertz CT molecular complexity index is 1350. The highest BCUT2D eigenvalue weighted by atomic mass is 14.5. The lowest BCUT2D eigenvalue weighted by atomic mass is 9.61. The molecule has 140 valence electrons. The van der Waals surface area contributed by atoms with E-state index in [1.807, 2.05) is 0 Å². The van der Waals surface area contributed by atoms with E-state index in [-0.39, 0.29) is 5.41 Å². The Morgan fingerprint density at radius 1 is 0.655 bits per heavy atom. The van der Waals surface area contributed by atoms with Gasteiger partial charge < -0.3 is 0 Å². The first-order valence-electron chi connectivity index (χ1n) is 10.6. The molecule has 0 fully saturated rings. The Kier molecular flexibility index (Phi) is 3.30. The minimum absolute atomic E-state index is 0.198. The molecule has 6 rings (SSSR count). The first-order valence-corrected chi connectivity index (χ1v) is 10.6. The van der Waals surface area contributed by atoms with Crippen molar-refractivity contribution < 1.29 is 0 Å². The van der Waals surface area contributed by atoms with E-state index in [2.05, 4.69) is 99.6 Å². The largest absolute Gasteiger partial charge is 0.0682 e. The summed E-state index contributed by atoms with van der Waals surface area (Å²) in [4.78, 5) is 0. The molecule has 1 spiro atoms. The van der Waals surface area contributed by atoms with E-state index in [0.717, 1.165) is 6.42 Å². The highest BCUT2D eigenvalue weighted by molar-refractivity contribution is 6.06. The van der Waals surface area contributed by atoms with Crippen LogP contribution in [0.5, 0.6) is 0 Å². The van der Waals surface area contributed by atoms with E-state index in [4.69, 9.17) is 0 Å². The maximum absolute atomic E-state index is 2.42. The standard InChI is InChI=1S/C29H24/c1-4-20-15-16-26-24(17-20)18(2)19(3)29(26)25-13-6-5-11-22(25)23-12-7-9-21-10-8-14-27(29)28(21)23/h5-17H,4H2,1-3H3. The van der Waals surface area contributed by atoms with Crippen molar-refractivity contribution in [1.82, 2.24) is 0 Å². The molecule has 2 aliphatic carbocycles. The molecule has 0 nitrogen and oxygen atoms in total. The zero-order chi connectivity index (χ0) is 19.8. The van der Waals surface area contributed by atoms with Crippen LogP contribution in [0.4, 0.5) is 0 Å². The SMILES string of the molecule is CCc1ccc2c(c1)C(C)=C(C)C21c2ccccc2-c2cccc3cccc1c23. The summed E-state index contributed by atoms with van der Waals surface area (Å²) in [7, 11) is 0. The van der Waals surface area contributed by atoms with Crippen LogP contribution in [0.1, 0.15) is 48.6 Å². The molecular weight excluding hydrogens is 348 g/mol. The highest BCUT2D eigenvalue weighted by Gasteiger charge is 2.48. The van der Waals surface area contributed by atoms with Gasteiger partial charge in [0.15, 0.2) is 0 Å². The lowest BCUT2D eigenvalue weighted by Crippen LogP contribution is -2.32. The number of aryl methyl sites for hydroxylation is 1. The van der Waals surface area contributed by atoms with Gasteiger partial charge in [0.25, 0.3) is 0 Å². The molecule has 0 heteroatoms. The Morgan fingerprint density at radius 3 is 2.17 bits per heavy atom. The minimum atomic E-state index is -0.198. The molecule has 0 heterocycles. The molecule has 2 aliphatic rings. The molecule has 0 amide bonds. The van der Waals surface area contributed by atoms with Gasteiger partial charge in [0.1, 0.15) is 0 Å². The van der Waals surface area contributed by atoms with Crippen LogP contribution in [0.15, 0.2) is 84.4 Å². The number of benzene rings is 4. The van der Waals surface area contributed by atoms with E-state index in [0.29, 0.717) is 0 Å². The summed E-state index contributed by atoms with van der Waals surface area (Å²) < 4.78 is 0. The second-order valence-corrected chi connectivity index (χ2v) is 8.49. The lowest BCUT2D eigenvalue weighted by molar-refractivity contribution is 0.747. The molecule has 0 aliphatic heterocycles. The van der Waals surface area contributed by atoms with Crippen molar-refractivity contribution >= 4 is 16.3 Å². The average molecular weight is 373 g/mol. The van der Waals surface area contributed by atoms with E-state index in [9.17, 15) is 0 Å². The number of fused-ring (bicyclic) bond motifs is 6. The summed E-state index contributed by atoms with van der Waals surface area (Å²) in [6.07, 6.45) is 1.07. The van der Waals surface area contributed by atoms with Gasteiger partial charge in [-0.3, -0.25) is 0 Å². The van der Waals surface area contributed by atoms with E-state index in [1.165, 1.54) is 60.9 Å². The maximum Gasteiger partial charge on any atom is 0.0682 e. The normalized spacial score (nSPS) is 19.0. The van der Waals surface area contributed by atoms with Crippen LogP contribution < -0.4 is 0 Å². The van der Waals surface area contributed by atoms with Crippen LogP contribution in [-0.2, 0) is 11.8 Å². The van der Waals surface area contributed by atoms with Crippen LogP contribution in [0.2, 0.25) is 0 Å². The first-order chi connectivity index (χ1) is 14.2. The van der Waals surface area contributed by atoms with E-state index >= 15 is 0 Å². The molecule has 1 unspecified atom stereocenters. The summed E-state index contributed by atoms with van der Waals surface area (Å²) in [5.41, 5.74) is 12.6. The molecule has 4 aromatic rings. The molecule has 0 saturated carbocycles. The summed E-state index contributed by atoms with van der Waals surface area (Å²) in [6.45, 7) is 6.90. The smallest absolute Gasteiger partial charge is 0.0619 e. The predicted molar refractivity (Wildman–Crippen MR) is 123 cm³/mol. The molecule has 0 saturated heterocycles. The van der Waals surface area contributed by atoms with Crippen LogP contribution in [-0.4, -0.2) is 0 Å². The van der Waals surface area contributed by atoms with Crippen molar-refractivity contribution in [3.05, 3.63) is 112 Å². The maximum atomic E-state index is 2.42. The lowest BCUT2D eigenvalue weighted by Gasteiger charge is -2.40. The van der Waals surface area contributed by atoms with Gasteiger partial charge in [-0.2, -0.15) is 0 Å². The third kappa shape index (κ3) is 1.90. The number of hydrogen-bond donors (Lipinski definition) is 0. The monoisotopic (exact) mass is 372 g/mol. The third-order valence-corrected chi connectivity index (χ3v) is 7.36. The van der Waals surface area contributed by atoms with Crippen molar-refractivity contribution in [2.24, 2.45) is 0 Å². The van der Waals surface area contributed by atoms with Gasteiger partial charge in [0.05, 0.1) is 5.41 Å². The molecule has 1 atom stereocenters. The van der Waals surface area contributed by atoms with Crippen molar-refractivity contribution in [2.45, 2.75) is 32.6 Å². The Hall–Kier alpha value is -3.12. The number of rotatable bonds is 1. The molecular formula is C29H24. The van der Waals surface area contributed by atoms with E-state index < -0.39 is 0 Å². The Labute approximate surface area is 172 Å². The van der Waals surface area contributed by atoms with Gasteiger partial charge in [-0.05, 0) is 75.6 Å². The summed E-state index contributed by atoms with van der Waals surface area (Å²) in [5, 5.41) is 2.74. The van der Waals surface area contributed by atoms with Crippen molar-refractivity contribution in [3.8, 4) is 11.1 Å². The molecule has 0 N–H and O–H groups in total. The number of hydrogen-bond acceptors (Lipinski definition) is 0.